The van der Waals surface area contributed by atoms with Crippen molar-refractivity contribution >= 4 is 11.3 Å². The predicted molar refractivity (Wildman–Crippen MR) is 200 cm³/mol. The molecule has 0 radical (unpaired) electrons. The number of aromatic nitrogens is 3. The fourth-order valence-electron chi connectivity index (χ4n) is 7.98. The lowest BCUT2D eigenvalue weighted by Gasteiger charge is -2.29. The molecular weight excluding hydrogens is 629 g/mol. The van der Waals surface area contributed by atoms with E-state index < -0.39 is 5.41 Å². The van der Waals surface area contributed by atoms with Crippen LogP contribution in [0.3, 0.4) is 0 Å². The molecule has 232 valence electrons. The molecular formula is C45H26N4S. The third kappa shape index (κ3) is 3.94. The second kappa shape index (κ2) is 11.0. The number of thiophene rings is 1. The van der Waals surface area contributed by atoms with Crippen LogP contribution in [0.25, 0.3) is 66.9 Å². The van der Waals surface area contributed by atoms with Crippen molar-refractivity contribution in [2.75, 3.05) is 0 Å². The van der Waals surface area contributed by atoms with Crippen molar-refractivity contribution in [3.05, 3.63) is 185 Å². The third-order valence-corrected chi connectivity index (χ3v) is 11.4. The first kappa shape index (κ1) is 28.5. The van der Waals surface area contributed by atoms with Crippen molar-refractivity contribution in [1.29, 1.82) is 5.26 Å². The first-order valence-corrected chi connectivity index (χ1v) is 17.4. The number of hydrogen-bond donors (Lipinski definition) is 0. The molecule has 0 bridgehead atoms. The number of benzene rings is 6. The molecule has 6 aromatic carbocycles. The Hall–Kier alpha value is -6.48. The van der Waals surface area contributed by atoms with Crippen molar-refractivity contribution < 1.29 is 0 Å². The molecule has 0 fully saturated rings. The Balaban J connectivity index is 1.29. The van der Waals surface area contributed by atoms with Crippen molar-refractivity contribution in [2.24, 2.45) is 0 Å². The average molecular weight is 655 g/mol. The zero-order chi connectivity index (χ0) is 33.2. The van der Waals surface area contributed by atoms with Gasteiger partial charge in [-0.2, -0.15) is 5.26 Å². The molecule has 5 heteroatoms. The summed E-state index contributed by atoms with van der Waals surface area (Å²) in [7, 11) is 0. The predicted octanol–water partition coefficient (Wildman–Crippen LogP) is 10.8. The van der Waals surface area contributed by atoms with Gasteiger partial charge in [0, 0.05) is 27.1 Å². The van der Waals surface area contributed by atoms with E-state index in [1.165, 1.54) is 21.6 Å². The Morgan fingerprint density at radius 2 is 0.900 bits per heavy atom. The SMILES string of the molecule is N#Cc1c(-c2ccccc2)sc2c1-c1ccccc1C21c2ccccc2-c2c(-c3nc(-c4ccccc4)nc(-c4ccccc4)n3)cccc21. The molecule has 0 N–H and O–H groups in total. The molecule has 0 amide bonds. The minimum atomic E-state index is -0.602. The second-order valence-corrected chi connectivity index (χ2v) is 13.6. The molecule has 2 aliphatic rings. The highest BCUT2D eigenvalue weighted by Crippen LogP contribution is 2.67. The molecule has 0 saturated carbocycles. The van der Waals surface area contributed by atoms with E-state index in [4.69, 9.17) is 15.0 Å². The molecule has 8 aromatic rings. The zero-order valence-electron chi connectivity index (χ0n) is 26.7. The summed E-state index contributed by atoms with van der Waals surface area (Å²) in [5, 5.41) is 10.7. The molecule has 50 heavy (non-hydrogen) atoms. The second-order valence-electron chi connectivity index (χ2n) is 12.6. The monoisotopic (exact) mass is 654 g/mol. The highest BCUT2D eigenvalue weighted by molar-refractivity contribution is 7.16. The number of fused-ring (bicyclic) bond motifs is 10. The maximum Gasteiger partial charge on any atom is 0.164 e. The normalized spacial score (nSPS) is 14.9. The standard InChI is InChI=1S/C45H26N4S/c46-27-34-39-32-22-11-13-25-36(32)45(41(39)50-40(34)28-15-4-1-5-16-28)35-24-12-10-21-31(35)38-33(23-14-26-37(38)45)44-48-42(29-17-6-2-7-18-29)47-43(49-44)30-19-8-3-9-20-30/h1-26H. The van der Waals surface area contributed by atoms with Crippen LogP contribution in [-0.4, -0.2) is 15.0 Å². The summed E-state index contributed by atoms with van der Waals surface area (Å²) in [5.74, 6) is 1.89. The third-order valence-electron chi connectivity index (χ3n) is 10.0. The number of nitrogens with zero attached hydrogens (tertiary/aromatic N) is 4. The van der Waals surface area contributed by atoms with Crippen LogP contribution in [-0.2, 0) is 5.41 Å². The number of rotatable bonds is 4. The van der Waals surface area contributed by atoms with Crippen LogP contribution in [0.1, 0.15) is 27.1 Å². The van der Waals surface area contributed by atoms with Gasteiger partial charge in [-0.1, -0.05) is 158 Å². The molecule has 4 nitrogen and oxygen atoms in total. The Kier molecular flexibility index (Phi) is 6.29. The molecule has 1 spiro atoms. The topological polar surface area (TPSA) is 62.5 Å². The summed E-state index contributed by atoms with van der Waals surface area (Å²) in [4.78, 5) is 17.5. The van der Waals surface area contributed by atoms with Crippen LogP contribution >= 0.6 is 11.3 Å². The summed E-state index contributed by atoms with van der Waals surface area (Å²) >= 11 is 1.74. The van der Waals surface area contributed by atoms with Gasteiger partial charge in [-0.25, -0.2) is 15.0 Å². The first-order chi connectivity index (χ1) is 24.8. The molecule has 0 aliphatic heterocycles. The van der Waals surface area contributed by atoms with Crippen LogP contribution in [0.2, 0.25) is 0 Å². The van der Waals surface area contributed by atoms with Crippen LogP contribution in [0.4, 0.5) is 0 Å². The maximum absolute atomic E-state index is 10.7. The van der Waals surface area contributed by atoms with Gasteiger partial charge >= 0.3 is 0 Å². The zero-order valence-corrected chi connectivity index (χ0v) is 27.5. The van der Waals surface area contributed by atoms with E-state index in [9.17, 15) is 5.26 Å². The van der Waals surface area contributed by atoms with E-state index in [2.05, 4.69) is 84.9 Å². The van der Waals surface area contributed by atoms with Crippen LogP contribution in [0.15, 0.2) is 158 Å². The lowest BCUT2D eigenvalue weighted by atomic mass is 9.74. The van der Waals surface area contributed by atoms with Gasteiger partial charge in [-0.15, -0.1) is 11.3 Å². The van der Waals surface area contributed by atoms with Gasteiger partial charge in [0.05, 0.1) is 15.9 Å². The van der Waals surface area contributed by atoms with Crippen molar-refractivity contribution in [3.8, 4) is 72.9 Å². The lowest BCUT2D eigenvalue weighted by molar-refractivity contribution is 0.811. The summed E-state index contributed by atoms with van der Waals surface area (Å²) in [6.45, 7) is 0. The lowest BCUT2D eigenvalue weighted by Crippen LogP contribution is -2.24. The highest BCUT2D eigenvalue weighted by atomic mass is 32.1. The molecule has 1 atom stereocenters. The Bertz CT molecular complexity index is 2600. The Labute approximate surface area is 293 Å². The summed E-state index contributed by atoms with van der Waals surface area (Å²) in [6.07, 6.45) is 0. The van der Waals surface area contributed by atoms with Crippen molar-refractivity contribution in [3.63, 3.8) is 0 Å². The van der Waals surface area contributed by atoms with Crippen LogP contribution in [0, 0.1) is 11.3 Å². The molecule has 10 rings (SSSR count). The highest BCUT2D eigenvalue weighted by Gasteiger charge is 2.54. The first-order valence-electron chi connectivity index (χ1n) is 16.6. The summed E-state index contributed by atoms with van der Waals surface area (Å²) in [5.41, 5.74) is 12.0. The van der Waals surface area contributed by atoms with Crippen LogP contribution < -0.4 is 0 Å². The fraction of sp³-hybridized carbons (Fsp3) is 0.0222. The van der Waals surface area contributed by atoms with Crippen molar-refractivity contribution in [1.82, 2.24) is 15.0 Å². The molecule has 1 unspecified atom stereocenters. The molecule has 2 aliphatic carbocycles. The van der Waals surface area contributed by atoms with Gasteiger partial charge in [0.2, 0.25) is 0 Å². The minimum absolute atomic E-state index is 0.602. The summed E-state index contributed by atoms with van der Waals surface area (Å²) in [6, 6.07) is 57.0. The van der Waals surface area contributed by atoms with Gasteiger partial charge in [0.15, 0.2) is 17.5 Å². The van der Waals surface area contributed by atoms with E-state index in [0.717, 1.165) is 54.9 Å². The van der Waals surface area contributed by atoms with E-state index in [0.29, 0.717) is 17.5 Å². The van der Waals surface area contributed by atoms with Gasteiger partial charge < -0.3 is 0 Å². The number of hydrogen-bond acceptors (Lipinski definition) is 5. The number of nitriles is 1. The maximum atomic E-state index is 10.7. The Morgan fingerprint density at radius 1 is 0.440 bits per heavy atom. The summed E-state index contributed by atoms with van der Waals surface area (Å²) < 4.78 is 0. The average Bonchev–Trinajstić information content (AvgIpc) is 3.82. The fourth-order valence-corrected chi connectivity index (χ4v) is 9.49. The largest absolute Gasteiger partial charge is 0.208 e. The van der Waals surface area contributed by atoms with Gasteiger partial charge in [0.1, 0.15) is 6.07 Å². The molecule has 2 heterocycles. The van der Waals surface area contributed by atoms with Crippen molar-refractivity contribution in [2.45, 2.75) is 5.41 Å². The Morgan fingerprint density at radius 3 is 1.48 bits per heavy atom. The smallest absolute Gasteiger partial charge is 0.164 e. The quantitative estimate of drug-likeness (QED) is 0.189. The van der Waals surface area contributed by atoms with E-state index in [1.54, 1.807) is 11.3 Å². The van der Waals surface area contributed by atoms with Gasteiger partial charge in [-0.05, 0) is 38.9 Å². The molecule has 2 aromatic heterocycles. The van der Waals surface area contributed by atoms with E-state index >= 15 is 0 Å². The van der Waals surface area contributed by atoms with E-state index in [-0.39, 0.29) is 0 Å². The van der Waals surface area contributed by atoms with Gasteiger partial charge in [-0.3, -0.25) is 0 Å². The molecule has 0 saturated heterocycles. The van der Waals surface area contributed by atoms with Gasteiger partial charge in [0.25, 0.3) is 0 Å². The van der Waals surface area contributed by atoms with Crippen LogP contribution in [0.5, 0.6) is 0 Å². The minimum Gasteiger partial charge on any atom is -0.208 e. The van der Waals surface area contributed by atoms with E-state index in [1.807, 2.05) is 78.9 Å².